The molecule has 2 aromatic carbocycles. The summed E-state index contributed by atoms with van der Waals surface area (Å²) in [5.41, 5.74) is 4.60. The quantitative estimate of drug-likeness (QED) is 0.686. The molecule has 1 atom stereocenters. The minimum Gasteiger partial charge on any atom is -0.496 e. The number of methoxy groups -OCH3 is 1. The number of benzene rings is 2. The van der Waals surface area contributed by atoms with Crippen molar-refractivity contribution in [2.75, 3.05) is 25.1 Å². The molecule has 0 saturated heterocycles. The number of anilines is 1. The zero-order chi connectivity index (χ0) is 16.1. The van der Waals surface area contributed by atoms with Crippen LogP contribution in [0.2, 0.25) is 0 Å². The van der Waals surface area contributed by atoms with Crippen LogP contribution in [0, 0.1) is 13.8 Å². The van der Waals surface area contributed by atoms with E-state index in [-0.39, 0.29) is 5.38 Å². The van der Waals surface area contributed by atoms with Gasteiger partial charge in [0.15, 0.2) is 0 Å². The van der Waals surface area contributed by atoms with Crippen LogP contribution in [0.3, 0.4) is 0 Å². The summed E-state index contributed by atoms with van der Waals surface area (Å²) >= 11 is 6.74. The molecule has 0 N–H and O–H groups in total. The van der Waals surface area contributed by atoms with Gasteiger partial charge in [0.1, 0.15) is 5.75 Å². The Labute approximate surface area is 138 Å². The van der Waals surface area contributed by atoms with Crippen LogP contribution in [-0.4, -0.2) is 20.2 Å². The van der Waals surface area contributed by atoms with Crippen molar-refractivity contribution in [3.05, 3.63) is 59.2 Å². The molecule has 0 radical (unpaired) electrons. The molecule has 3 heteroatoms. The summed E-state index contributed by atoms with van der Waals surface area (Å²) in [6.45, 7) is 7.97. The number of hydrogen-bond donors (Lipinski definition) is 0. The number of nitrogens with zero attached hydrogens (tertiary/aromatic N) is 1. The van der Waals surface area contributed by atoms with Gasteiger partial charge in [0, 0.05) is 24.3 Å². The average Bonchev–Trinajstić information content (AvgIpc) is 2.52. The van der Waals surface area contributed by atoms with E-state index in [2.05, 4.69) is 62.1 Å². The van der Waals surface area contributed by atoms with Crippen molar-refractivity contribution in [2.45, 2.75) is 26.1 Å². The second-order valence-electron chi connectivity index (χ2n) is 5.55. The van der Waals surface area contributed by atoms with Gasteiger partial charge in [-0.1, -0.05) is 35.9 Å². The molecule has 2 nitrogen and oxygen atoms in total. The smallest absolute Gasteiger partial charge is 0.126 e. The zero-order valence-electron chi connectivity index (χ0n) is 13.8. The maximum Gasteiger partial charge on any atom is 0.126 e. The van der Waals surface area contributed by atoms with Crippen molar-refractivity contribution in [3.63, 3.8) is 0 Å². The molecule has 22 heavy (non-hydrogen) atoms. The molecule has 0 spiro atoms. The Balaban J connectivity index is 2.26. The van der Waals surface area contributed by atoms with Gasteiger partial charge in [-0.3, -0.25) is 0 Å². The van der Waals surface area contributed by atoms with Crippen LogP contribution in [-0.2, 0) is 0 Å². The molecular weight excluding hydrogens is 294 g/mol. The minimum absolute atomic E-state index is 0.117. The van der Waals surface area contributed by atoms with Crippen LogP contribution < -0.4 is 9.64 Å². The Kier molecular flexibility index (Phi) is 5.73. The SMILES string of the molecule is CCN(CC(Cl)c1cc(C)cc(C)c1OC)c1ccccc1. The molecule has 118 valence electrons. The highest BCUT2D eigenvalue weighted by atomic mass is 35.5. The molecular formula is C19H24ClNO. The van der Waals surface area contributed by atoms with Crippen LogP contribution in [0.4, 0.5) is 5.69 Å². The zero-order valence-corrected chi connectivity index (χ0v) is 14.5. The Bertz CT molecular complexity index is 612. The first kappa shape index (κ1) is 16.7. The molecule has 0 bridgehead atoms. The molecule has 0 aromatic heterocycles. The van der Waals surface area contributed by atoms with Crippen molar-refractivity contribution in [3.8, 4) is 5.75 Å². The maximum atomic E-state index is 6.74. The molecule has 2 aromatic rings. The van der Waals surface area contributed by atoms with Gasteiger partial charge < -0.3 is 9.64 Å². The van der Waals surface area contributed by atoms with E-state index in [1.807, 2.05) is 6.07 Å². The summed E-state index contributed by atoms with van der Waals surface area (Å²) in [7, 11) is 1.71. The van der Waals surface area contributed by atoms with Gasteiger partial charge >= 0.3 is 0 Å². The fourth-order valence-corrected chi connectivity index (χ4v) is 3.18. The van der Waals surface area contributed by atoms with E-state index in [1.54, 1.807) is 7.11 Å². The number of hydrogen-bond acceptors (Lipinski definition) is 2. The second-order valence-corrected chi connectivity index (χ2v) is 6.07. The van der Waals surface area contributed by atoms with E-state index in [0.29, 0.717) is 0 Å². The van der Waals surface area contributed by atoms with Crippen molar-refractivity contribution in [2.24, 2.45) is 0 Å². The second kappa shape index (κ2) is 7.55. The monoisotopic (exact) mass is 317 g/mol. The number of ether oxygens (including phenoxy) is 1. The Hall–Kier alpha value is -1.67. The summed E-state index contributed by atoms with van der Waals surface area (Å²) in [4.78, 5) is 2.29. The number of aryl methyl sites for hydroxylation is 2. The Morgan fingerprint density at radius 2 is 1.82 bits per heavy atom. The normalized spacial score (nSPS) is 12.0. The fourth-order valence-electron chi connectivity index (χ4n) is 2.85. The van der Waals surface area contributed by atoms with Crippen molar-refractivity contribution < 1.29 is 4.74 Å². The molecule has 0 aliphatic rings. The predicted octanol–water partition coefficient (Wildman–Crippen LogP) is 5.12. The number of rotatable bonds is 6. The van der Waals surface area contributed by atoms with Gasteiger partial charge in [0.05, 0.1) is 12.5 Å². The van der Waals surface area contributed by atoms with E-state index in [0.717, 1.165) is 30.0 Å². The first-order chi connectivity index (χ1) is 10.6. The summed E-state index contributed by atoms with van der Waals surface area (Å²) < 4.78 is 5.57. The lowest BCUT2D eigenvalue weighted by atomic mass is 10.0. The van der Waals surface area contributed by atoms with E-state index < -0.39 is 0 Å². The number of likely N-dealkylation sites (N-methyl/N-ethyl adjacent to an activating group) is 1. The van der Waals surface area contributed by atoms with Gasteiger partial charge in [-0.2, -0.15) is 0 Å². The van der Waals surface area contributed by atoms with Crippen LogP contribution >= 0.6 is 11.6 Å². The first-order valence-electron chi connectivity index (χ1n) is 7.66. The van der Waals surface area contributed by atoms with E-state index in [1.165, 1.54) is 11.3 Å². The standard InChI is InChI=1S/C19H24ClNO/c1-5-21(16-9-7-6-8-10-16)13-18(20)17-12-14(2)11-15(3)19(17)22-4/h6-12,18H,5,13H2,1-4H3. The van der Waals surface area contributed by atoms with Gasteiger partial charge in [0.2, 0.25) is 0 Å². The molecule has 0 heterocycles. The first-order valence-corrected chi connectivity index (χ1v) is 8.09. The molecule has 0 aliphatic carbocycles. The van der Waals surface area contributed by atoms with Gasteiger partial charge in [-0.25, -0.2) is 0 Å². The summed E-state index contributed by atoms with van der Waals surface area (Å²) in [6, 6.07) is 14.6. The lowest BCUT2D eigenvalue weighted by Gasteiger charge is -2.27. The molecule has 0 amide bonds. The topological polar surface area (TPSA) is 12.5 Å². The van der Waals surface area contributed by atoms with Gasteiger partial charge in [-0.15, -0.1) is 11.6 Å². The molecule has 1 unspecified atom stereocenters. The largest absolute Gasteiger partial charge is 0.496 e. The van der Waals surface area contributed by atoms with E-state index >= 15 is 0 Å². The fraction of sp³-hybridized carbons (Fsp3) is 0.368. The maximum absolute atomic E-state index is 6.74. The van der Waals surface area contributed by atoms with E-state index in [9.17, 15) is 0 Å². The van der Waals surface area contributed by atoms with E-state index in [4.69, 9.17) is 16.3 Å². The summed E-state index contributed by atoms with van der Waals surface area (Å²) in [5, 5.41) is -0.117. The Morgan fingerprint density at radius 1 is 1.14 bits per heavy atom. The third kappa shape index (κ3) is 3.75. The van der Waals surface area contributed by atoms with Crippen LogP contribution in [0.15, 0.2) is 42.5 Å². The number of alkyl halides is 1. The average molecular weight is 318 g/mol. The lowest BCUT2D eigenvalue weighted by molar-refractivity contribution is 0.406. The lowest BCUT2D eigenvalue weighted by Crippen LogP contribution is -2.26. The third-order valence-electron chi connectivity index (χ3n) is 3.87. The van der Waals surface area contributed by atoms with Crippen LogP contribution in [0.1, 0.15) is 29.0 Å². The van der Waals surface area contributed by atoms with Gasteiger partial charge in [-0.05, 0) is 38.5 Å². The van der Waals surface area contributed by atoms with Crippen LogP contribution in [0.5, 0.6) is 5.75 Å². The third-order valence-corrected chi connectivity index (χ3v) is 4.25. The number of para-hydroxylation sites is 1. The predicted molar refractivity (Wildman–Crippen MR) is 95.4 cm³/mol. The Morgan fingerprint density at radius 3 is 2.41 bits per heavy atom. The molecule has 2 rings (SSSR count). The highest BCUT2D eigenvalue weighted by molar-refractivity contribution is 6.21. The molecule has 0 fully saturated rings. The number of halogens is 1. The highest BCUT2D eigenvalue weighted by Crippen LogP contribution is 2.34. The molecule has 0 aliphatic heterocycles. The van der Waals surface area contributed by atoms with Gasteiger partial charge in [0.25, 0.3) is 0 Å². The highest BCUT2D eigenvalue weighted by Gasteiger charge is 2.19. The minimum atomic E-state index is -0.117. The van der Waals surface area contributed by atoms with Crippen LogP contribution in [0.25, 0.3) is 0 Å². The summed E-state index contributed by atoms with van der Waals surface area (Å²) in [6.07, 6.45) is 0. The summed E-state index contributed by atoms with van der Waals surface area (Å²) in [5.74, 6) is 0.898. The van der Waals surface area contributed by atoms with Crippen molar-refractivity contribution in [1.82, 2.24) is 0 Å². The van der Waals surface area contributed by atoms with Crippen molar-refractivity contribution in [1.29, 1.82) is 0 Å². The van der Waals surface area contributed by atoms with Crippen molar-refractivity contribution >= 4 is 17.3 Å². The molecule has 0 saturated carbocycles.